The van der Waals surface area contributed by atoms with E-state index in [0.29, 0.717) is 24.5 Å². The number of aryl methyl sites for hydroxylation is 2. The fourth-order valence-corrected chi connectivity index (χ4v) is 3.60. The minimum absolute atomic E-state index is 0.0796. The fourth-order valence-electron chi connectivity index (χ4n) is 3.60. The quantitative estimate of drug-likeness (QED) is 0.421. The monoisotopic (exact) mass is 427 g/mol. The molecule has 2 aromatic rings. The number of aromatic hydroxyl groups is 1. The summed E-state index contributed by atoms with van der Waals surface area (Å²) >= 11 is 0. The molecule has 0 unspecified atom stereocenters. The van der Waals surface area contributed by atoms with Crippen LogP contribution in [0.1, 0.15) is 68.4 Å². The summed E-state index contributed by atoms with van der Waals surface area (Å²) in [6, 6.07) is 10.9. The lowest BCUT2D eigenvalue weighted by Gasteiger charge is -2.21. The van der Waals surface area contributed by atoms with E-state index in [4.69, 9.17) is 9.47 Å². The molecule has 0 fully saturated rings. The molecule has 0 aliphatic carbocycles. The van der Waals surface area contributed by atoms with Crippen molar-refractivity contribution in [1.82, 2.24) is 4.90 Å². The van der Waals surface area contributed by atoms with Crippen molar-refractivity contribution >= 4 is 5.91 Å². The van der Waals surface area contributed by atoms with Crippen LogP contribution in [0.2, 0.25) is 0 Å². The molecule has 0 aliphatic rings. The summed E-state index contributed by atoms with van der Waals surface area (Å²) in [6.07, 6.45) is 4.28. The standard InChI is InChI=1S/C26H37NO4/c1-5-14-27(15-6-2)26(29)22-10-12-24(13-11-22)30-16-9-17-31-25-20(7-3)18-23(28)19-21(25)8-4/h10-13,18-19,28H,5-9,14-17H2,1-4H3. The maximum Gasteiger partial charge on any atom is 0.253 e. The van der Waals surface area contributed by atoms with Gasteiger partial charge in [0.25, 0.3) is 5.91 Å². The maximum atomic E-state index is 12.6. The van der Waals surface area contributed by atoms with E-state index in [0.717, 1.165) is 67.8 Å². The first-order chi connectivity index (χ1) is 15.0. The molecular weight excluding hydrogens is 390 g/mol. The van der Waals surface area contributed by atoms with Gasteiger partial charge in [0.15, 0.2) is 0 Å². The molecule has 0 aliphatic heterocycles. The predicted molar refractivity (Wildman–Crippen MR) is 125 cm³/mol. The van der Waals surface area contributed by atoms with Crippen LogP contribution in [0.5, 0.6) is 17.2 Å². The van der Waals surface area contributed by atoms with E-state index >= 15 is 0 Å². The first-order valence-electron chi connectivity index (χ1n) is 11.5. The topological polar surface area (TPSA) is 59.0 Å². The molecular formula is C26H37NO4. The Kier molecular flexibility index (Phi) is 10.2. The van der Waals surface area contributed by atoms with E-state index in [9.17, 15) is 9.90 Å². The number of ether oxygens (including phenoxy) is 2. The first kappa shape index (κ1) is 24.6. The Morgan fingerprint density at radius 2 is 1.42 bits per heavy atom. The van der Waals surface area contributed by atoms with E-state index < -0.39 is 0 Å². The van der Waals surface area contributed by atoms with Crippen molar-refractivity contribution in [1.29, 1.82) is 0 Å². The highest BCUT2D eigenvalue weighted by molar-refractivity contribution is 5.94. The summed E-state index contributed by atoms with van der Waals surface area (Å²) in [7, 11) is 0. The van der Waals surface area contributed by atoms with Crippen LogP contribution in [0.4, 0.5) is 0 Å². The van der Waals surface area contributed by atoms with Gasteiger partial charge in [-0.1, -0.05) is 27.7 Å². The summed E-state index contributed by atoms with van der Waals surface area (Å²) in [6.45, 7) is 10.9. The second kappa shape index (κ2) is 12.9. The zero-order chi connectivity index (χ0) is 22.6. The molecule has 0 bridgehead atoms. The van der Waals surface area contributed by atoms with Crippen LogP contribution in [-0.2, 0) is 12.8 Å². The fraction of sp³-hybridized carbons (Fsp3) is 0.500. The summed E-state index contributed by atoms with van der Waals surface area (Å²) < 4.78 is 11.8. The molecule has 31 heavy (non-hydrogen) atoms. The van der Waals surface area contributed by atoms with Gasteiger partial charge in [-0.3, -0.25) is 4.79 Å². The van der Waals surface area contributed by atoms with Crippen LogP contribution in [0.25, 0.3) is 0 Å². The Labute approximate surface area is 187 Å². The smallest absolute Gasteiger partial charge is 0.253 e. The predicted octanol–water partition coefficient (Wildman–Crippen LogP) is 5.63. The molecule has 0 aromatic heterocycles. The molecule has 170 valence electrons. The highest BCUT2D eigenvalue weighted by Gasteiger charge is 2.14. The zero-order valence-corrected chi connectivity index (χ0v) is 19.4. The van der Waals surface area contributed by atoms with Gasteiger partial charge in [-0.05, 0) is 73.2 Å². The molecule has 2 rings (SSSR count). The second-order valence-corrected chi connectivity index (χ2v) is 7.67. The Balaban J connectivity index is 1.84. The van der Waals surface area contributed by atoms with Gasteiger partial charge in [-0.15, -0.1) is 0 Å². The van der Waals surface area contributed by atoms with Gasteiger partial charge in [-0.25, -0.2) is 0 Å². The Morgan fingerprint density at radius 1 is 0.871 bits per heavy atom. The first-order valence-corrected chi connectivity index (χ1v) is 11.5. The summed E-state index contributed by atoms with van der Waals surface area (Å²) in [5, 5.41) is 9.85. The van der Waals surface area contributed by atoms with Crippen LogP contribution >= 0.6 is 0 Å². The van der Waals surface area contributed by atoms with Gasteiger partial charge in [-0.2, -0.15) is 0 Å². The lowest BCUT2D eigenvalue weighted by atomic mass is 10.0. The van der Waals surface area contributed by atoms with E-state index in [-0.39, 0.29) is 5.91 Å². The zero-order valence-electron chi connectivity index (χ0n) is 19.4. The number of phenolic OH excluding ortho intramolecular Hbond substituents is 1. The van der Waals surface area contributed by atoms with Crippen molar-refractivity contribution in [3.05, 3.63) is 53.1 Å². The van der Waals surface area contributed by atoms with Crippen LogP contribution in [0, 0.1) is 0 Å². The lowest BCUT2D eigenvalue weighted by molar-refractivity contribution is 0.0755. The van der Waals surface area contributed by atoms with Crippen molar-refractivity contribution in [3.63, 3.8) is 0 Å². The molecule has 5 nitrogen and oxygen atoms in total. The number of carbonyl (C=O) groups excluding carboxylic acids is 1. The van der Waals surface area contributed by atoms with E-state index in [2.05, 4.69) is 27.7 Å². The van der Waals surface area contributed by atoms with Crippen LogP contribution in [0.3, 0.4) is 0 Å². The van der Waals surface area contributed by atoms with Crippen molar-refractivity contribution in [3.8, 4) is 17.2 Å². The van der Waals surface area contributed by atoms with Crippen molar-refractivity contribution in [2.24, 2.45) is 0 Å². The molecule has 0 heterocycles. The molecule has 0 saturated heterocycles. The van der Waals surface area contributed by atoms with Gasteiger partial charge in [0, 0.05) is 25.1 Å². The number of hydrogen-bond donors (Lipinski definition) is 1. The normalized spacial score (nSPS) is 10.7. The van der Waals surface area contributed by atoms with Crippen LogP contribution in [0.15, 0.2) is 36.4 Å². The van der Waals surface area contributed by atoms with Gasteiger partial charge >= 0.3 is 0 Å². The van der Waals surface area contributed by atoms with Crippen LogP contribution < -0.4 is 9.47 Å². The molecule has 1 amide bonds. The Morgan fingerprint density at radius 3 is 1.94 bits per heavy atom. The lowest BCUT2D eigenvalue weighted by Crippen LogP contribution is -2.32. The van der Waals surface area contributed by atoms with Crippen molar-refractivity contribution in [2.45, 2.75) is 59.8 Å². The molecule has 1 N–H and O–H groups in total. The van der Waals surface area contributed by atoms with E-state index in [1.165, 1.54) is 0 Å². The second-order valence-electron chi connectivity index (χ2n) is 7.67. The number of rotatable bonds is 13. The van der Waals surface area contributed by atoms with E-state index in [1.807, 2.05) is 29.2 Å². The Bertz CT molecular complexity index is 786. The highest BCUT2D eigenvalue weighted by Crippen LogP contribution is 2.30. The minimum Gasteiger partial charge on any atom is -0.508 e. The van der Waals surface area contributed by atoms with Gasteiger partial charge in [0.1, 0.15) is 17.2 Å². The summed E-state index contributed by atoms with van der Waals surface area (Å²) in [5.74, 6) is 2.01. The molecule has 0 saturated carbocycles. The van der Waals surface area contributed by atoms with Crippen LogP contribution in [-0.4, -0.2) is 42.2 Å². The van der Waals surface area contributed by atoms with Gasteiger partial charge in [0.05, 0.1) is 13.2 Å². The number of hydrogen-bond acceptors (Lipinski definition) is 4. The number of amides is 1. The molecule has 0 atom stereocenters. The molecule has 5 heteroatoms. The highest BCUT2D eigenvalue weighted by atomic mass is 16.5. The largest absolute Gasteiger partial charge is 0.508 e. The van der Waals surface area contributed by atoms with Gasteiger partial charge < -0.3 is 19.5 Å². The van der Waals surface area contributed by atoms with Gasteiger partial charge in [0.2, 0.25) is 0 Å². The number of carbonyl (C=O) groups is 1. The van der Waals surface area contributed by atoms with Crippen molar-refractivity contribution in [2.75, 3.05) is 26.3 Å². The average Bonchev–Trinajstić information content (AvgIpc) is 2.78. The third kappa shape index (κ3) is 7.20. The molecule has 2 aromatic carbocycles. The number of nitrogens with zero attached hydrogens (tertiary/aromatic N) is 1. The maximum absolute atomic E-state index is 12.6. The number of phenols is 1. The Hall–Kier alpha value is -2.69. The SMILES string of the molecule is CCCN(CCC)C(=O)c1ccc(OCCCOc2c(CC)cc(O)cc2CC)cc1. The molecule has 0 radical (unpaired) electrons. The molecule has 0 spiro atoms. The number of benzene rings is 2. The third-order valence-corrected chi connectivity index (χ3v) is 5.17. The van der Waals surface area contributed by atoms with Crippen molar-refractivity contribution < 1.29 is 19.4 Å². The average molecular weight is 428 g/mol. The summed E-state index contributed by atoms with van der Waals surface area (Å²) in [5.41, 5.74) is 2.75. The van der Waals surface area contributed by atoms with E-state index in [1.54, 1.807) is 12.1 Å². The summed E-state index contributed by atoms with van der Waals surface area (Å²) in [4.78, 5) is 14.6. The third-order valence-electron chi connectivity index (χ3n) is 5.17. The minimum atomic E-state index is 0.0796.